The standard InChI is InChI=1S/C14H17N3/c1-11-4-2-3-9-17(11)14-6-8-16-13-10-15-7-5-12(13)14/h5-8,10-11H,2-4,9H2,1H3. The summed E-state index contributed by atoms with van der Waals surface area (Å²) >= 11 is 0. The summed E-state index contributed by atoms with van der Waals surface area (Å²) in [7, 11) is 0. The van der Waals surface area contributed by atoms with Crippen LogP contribution >= 0.6 is 0 Å². The summed E-state index contributed by atoms with van der Waals surface area (Å²) in [6.45, 7) is 3.47. The molecule has 1 saturated heterocycles. The number of nitrogens with zero attached hydrogens (tertiary/aromatic N) is 3. The number of rotatable bonds is 1. The van der Waals surface area contributed by atoms with Gasteiger partial charge in [0.1, 0.15) is 0 Å². The van der Waals surface area contributed by atoms with E-state index in [-0.39, 0.29) is 0 Å². The number of hydrogen-bond acceptors (Lipinski definition) is 3. The molecule has 17 heavy (non-hydrogen) atoms. The normalized spacial score (nSPS) is 20.8. The Labute approximate surface area is 101 Å². The summed E-state index contributed by atoms with van der Waals surface area (Å²) in [6.07, 6.45) is 9.51. The molecular weight excluding hydrogens is 210 g/mol. The van der Waals surface area contributed by atoms with Crippen LogP contribution in [0.3, 0.4) is 0 Å². The van der Waals surface area contributed by atoms with E-state index in [9.17, 15) is 0 Å². The fourth-order valence-corrected chi connectivity index (χ4v) is 2.69. The molecule has 0 aromatic carbocycles. The third-order valence-electron chi connectivity index (χ3n) is 3.63. The lowest BCUT2D eigenvalue weighted by Crippen LogP contribution is -2.37. The van der Waals surface area contributed by atoms with Gasteiger partial charge >= 0.3 is 0 Å². The summed E-state index contributed by atoms with van der Waals surface area (Å²) in [4.78, 5) is 11.0. The van der Waals surface area contributed by atoms with Crippen molar-refractivity contribution in [1.82, 2.24) is 9.97 Å². The first kappa shape index (κ1) is 10.5. The fraction of sp³-hybridized carbons (Fsp3) is 0.429. The molecule has 0 spiro atoms. The molecule has 3 nitrogen and oxygen atoms in total. The van der Waals surface area contributed by atoms with Crippen molar-refractivity contribution in [3.05, 3.63) is 30.7 Å². The maximum Gasteiger partial charge on any atom is 0.0905 e. The third-order valence-corrected chi connectivity index (χ3v) is 3.63. The van der Waals surface area contributed by atoms with Crippen molar-refractivity contribution in [2.45, 2.75) is 32.2 Å². The van der Waals surface area contributed by atoms with Crippen LogP contribution in [0, 0.1) is 0 Å². The van der Waals surface area contributed by atoms with E-state index in [2.05, 4.69) is 33.9 Å². The molecule has 3 heterocycles. The maximum atomic E-state index is 4.37. The Kier molecular flexibility index (Phi) is 2.67. The van der Waals surface area contributed by atoms with Gasteiger partial charge in [0.05, 0.1) is 11.7 Å². The monoisotopic (exact) mass is 227 g/mol. The highest BCUT2D eigenvalue weighted by Crippen LogP contribution is 2.29. The Hall–Kier alpha value is -1.64. The molecule has 0 radical (unpaired) electrons. The number of fused-ring (bicyclic) bond motifs is 1. The van der Waals surface area contributed by atoms with Crippen LogP contribution in [0.2, 0.25) is 0 Å². The Morgan fingerprint density at radius 2 is 2.18 bits per heavy atom. The molecular formula is C14H17N3. The number of aromatic nitrogens is 2. The largest absolute Gasteiger partial charge is 0.368 e. The molecule has 1 aliphatic heterocycles. The molecule has 0 aliphatic carbocycles. The van der Waals surface area contributed by atoms with Crippen molar-refractivity contribution in [2.24, 2.45) is 0 Å². The first-order chi connectivity index (χ1) is 8.36. The van der Waals surface area contributed by atoms with Crippen LogP contribution in [-0.4, -0.2) is 22.6 Å². The maximum absolute atomic E-state index is 4.37. The van der Waals surface area contributed by atoms with Gasteiger partial charge in [0.15, 0.2) is 0 Å². The van der Waals surface area contributed by atoms with Gasteiger partial charge in [-0.1, -0.05) is 0 Å². The van der Waals surface area contributed by atoms with Gasteiger partial charge in [-0.25, -0.2) is 0 Å². The molecule has 2 aromatic rings. The van der Waals surface area contributed by atoms with E-state index >= 15 is 0 Å². The zero-order valence-corrected chi connectivity index (χ0v) is 10.1. The van der Waals surface area contributed by atoms with E-state index in [4.69, 9.17) is 0 Å². The van der Waals surface area contributed by atoms with Crippen LogP contribution in [0.15, 0.2) is 30.7 Å². The first-order valence-corrected chi connectivity index (χ1v) is 6.31. The number of anilines is 1. The van der Waals surface area contributed by atoms with Crippen LogP contribution in [0.4, 0.5) is 5.69 Å². The summed E-state index contributed by atoms with van der Waals surface area (Å²) < 4.78 is 0. The average molecular weight is 227 g/mol. The smallest absolute Gasteiger partial charge is 0.0905 e. The second-order valence-corrected chi connectivity index (χ2v) is 4.76. The molecule has 1 atom stereocenters. The zero-order valence-electron chi connectivity index (χ0n) is 10.1. The minimum absolute atomic E-state index is 0.627. The summed E-state index contributed by atoms with van der Waals surface area (Å²) in [5.41, 5.74) is 2.30. The van der Waals surface area contributed by atoms with Crippen LogP contribution in [0.1, 0.15) is 26.2 Å². The molecule has 1 fully saturated rings. The number of pyridine rings is 2. The fourth-order valence-electron chi connectivity index (χ4n) is 2.69. The van der Waals surface area contributed by atoms with Gasteiger partial charge in [-0.3, -0.25) is 9.97 Å². The molecule has 3 rings (SSSR count). The van der Waals surface area contributed by atoms with Gasteiger partial charge in [-0.2, -0.15) is 0 Å². The number of hydrogen-bond donors (Lipinski definition) is 0. The zero-order chi connectivity index (χ0) is 11.7. The van der Waals surface area contributed by atoms with E-state index < -0.39 is 0 Å². The van der Waals surface area contributed by atoms with Crippen LogP contribution in [-0.2, 0) is 0 Å². The molecule has 0 amide bonds. The summed E-state index contributed by atoms with van der Waals surface area (Å²) in [5, 5.41) is 1.22. The highest BCUT2D eigenvalue weighted by atomic mass is 15.2. The molecule has 2 aromatic heterocycles. The third kappa shape index (κ3) is 1.86. The quantitative estimate of drug-likeness (QED) is 0.750. The Morgan fingerprint density at radius 1 is 1.24 bits per heavy atom. The van der Waals surface area contributed by atoms with Gasteiger partial charge in [-0.15, -0.1) is 0 Å². The predicted molar refractivity (Wildman–Crippen MR) is 70.2 cm³/mol. The van der Waals surface area contributed by atoms with Gasteiger partial charge in [-0.05, 0) is 38.3 Å². The molecule has 88 valence electrons. The Bertz CT molecular complexity index is 518. The van der Waals surface area contributed by atoms with Gasteiger partial charge < -0.3 is 4.90 Å². The highest BCUT2D eigenvalue weighted by Gasteiger charge is 2.20. The second-order valence-electron chi connectivity index (χ2n) is 4.76. The SMILES string of the molecule is CC1CCCCN1c1ccnc2cnccc12. The molecule has 0 saturated carbocycles. The Balaban J connectivity index is 2.10. The van der Waals surface area contributed by atoms with E-state index in [1.807, 2.05) is 18.6 Å². The van der Waals surface area contributed by atoms with Gasteiger partial charge in [0, 0.05) is 36.1 Å². The van der Waals surface area contributed by atoms with Crippen LogP contribution < -0.4 is 4.90 Å². The Morgan fingerprint density at radius 3 is 3.06 bits per heavy atom. The minimum Gasteiger partial charge on any atom is -0.368 e. The van der Waals surface area contributed by atoms with E-state index in [1.54, 1.807) is 0 Å². The van der Waals surface area contributed by atoms with Gasteiger partial charge in [0.25, 0.3) is 0 Å². The molecule has 0 N–H and O–H groups in total. The minimum atomic E-state index is 0.627. The van der Waals surface area contributed by atoms with E-state index in [1.165, 1.54) is 30.3 Å². The molecule has 3 heteroatoms. The number of piperidine rings is 1. The van der Waals surface area contributed by atoms with E-state index in [0.717, 1.165) is 12.1 Å². The lowest BCUT2D eigenvalue weighted by molar-refractivity contribution is 0.486. The highest BCUT2D eigenvalue weighted by molar-refractivity contribution is 5.90. The van der Waals surface area contributed by atoms with Crippen LogP contribution in [0.5, 0.6) is 0 Å². The average Bonchev–Trinajstić information content (AvgIpc) is 2.39. The van der Waals surface area contributed by atoms with Crippen molar-refractivity contribution in [3.63, 3.8) is 0 Å². The lowest BCUT2D eigenvalue weighted by atomic mass is 10.0. The summed E-state index contributed by atoms with van der Waals surface area (Å²) in [6, 6.07) is 4.82. The van der Waals surface area contributed by atoms with Crippen molar-refractivity contribution in [2.75, 3.05) is 11.4 Å². The van der Waals surface area contributed by atoms with Crippen molar-refractivity contribution in [1.29, 1.82) is 0 Å². The predicted octanol–water partition coefficient (Wildman–Crippen LogP) is 3.01. The van der Waals surface area contributed by atoms with Crippen LogP contribution in [0.25, 0.3) is 10.9 Å². The van der Waals surface area contributed by atoms with Crippen molar-refractivity contribution in [3.8, 4) is 0 Å². The second kappa shape index (κ2) is 4.32. The van der Waals surface area contributed by atoms with Crippen molar-refractivity contribution < 1.29 is 0 Å². The molecule has 1 unspecified atom stereocenters. The topological polar surface area (TPSA) is 29.0 Å². The molecule has 0 bridgehead atoms. The summed E-state index contributed by atoms with van der Waals surface area (Å²) in [5.74, 6) is 0. The van der Waals surface area contributed by atoms with Crippen molar-refractivity contribution >= 4 is 16.6 Å². The van der Waals surface area contributed by atoms with Gasteiger partial charge in [0.2, 0.25) is 0 Å². The first-order valence-electron chi connectivity index (χ1n) is 6.31. The molecule has 1 aliphatic rings. The lowest BCUT2D eigenvalue weighted by Gasteiger charge is -2.36. The van der Waals surface area contributed by atoms with E-state index in [0.29, 0.717) is 6.04 Å².